The normalized spacial score (nSPS) is 14.6. The van der Waals surface area contributed by atoms with Crippen molar-refractivity contribution in [1.29, 1.82) is 0 Å². The number of ether oxygens (including phenoxy) is 4. The Kier molecular flexibility index (Phi) is 65.5. The summed E-state index contributed by atoms with van der Waals surface area (Å²) in [6, 6.07) is 0. The van der Waals surface area contributed by atoms with Crippen LogP contribution in [0.15, 0.2) is 0 Å². The van der Waals surface area contributed by atoms with Gasteiger partial charge in [-0.25, -0.2) is 9.13 Å². The lowest BCUT2D eigenvalue weighted by Crippen LogP contribution is -2.30. The van der Waals surface area contributed by atoms with Crippen LogP contribution in [0.4, 0.5) is 0 Å². The molecule has 0 saturated heterocycles. The summed E-state index contributed by atoms with van der Waals surface area (Å²) in [7, 11) is -9.90. The number of aliphatic hydroxyl groups excluding tert-OH is 1. The van der Waals surface area contributed by atoms with Crippen LogP contribution in [-0.4, -0.2) is 96.7 Å². The maximum Gasteiger partial charge on any atom is 0.472 e. The minimum absolute atomic E-state index is 0.103. The van der Waals surface area contributed by atoms with Crippen molar-refractivity contribution in [2.45, 2.75) is 407 Å². The van der Waals surface area contributed by atoms with Gasteiger partial charge in [-0.05, 0) is 37.5 Å². The van der Waals surface area contributed by atoms with Crippen LogP contribution in [0.25, 0.3) is 0 Å². The van der Waals surface area contributed by atoms with Crippen LogP contribution >= 0.6 is 15.6 Å². The lowest BCUT2D eigenvalue weighted by atomic mass is 9.99. The molecular weight excluding hydrogens is 1230 g/mol. The second kappa shape index (κ2) is 66.9. The summed E-state index contributed by atoms with van der Waals surface area (Å²) in [6.45, 7) is 9.59. The number of phosphoric acid groups is 2. The quantitative estimate of drug-likeness (QED) is 0.0222. The topological polar surface area (TPSA) is 237 Å². The van der Waals surface area contributed by atoms with Crippen molar-refractivity contribution < 1.29 is 80.2 Å². The number of unbranched alkanes of at least 4 members (excludes halogenated alkanes) is 42. The molecule has 3 N–H and O–H groups in total. The van der Waals surface area contributed by atoms with Crippen molar-refractivity contribution in [2.24, 2.45) is 11.8 Å². The molecule has 0 aliphatic rings. The van der Waals surface area contributed by atoms with E-state index in [2.05, 4.69) is 41.5 Å². The van der Waals surface area contributed by atoms with Gasteiger partial charge in [-0.15, -0.1) is 0 Å². The predicted molar refractivity (Wildman–Crippen MR) is 381 cm³/mol. The molecule has 0 amide bonds. The van der Waals surface area contributed by atoms with Gasteiger partial charge in [-0.3, -0.25) is 37.3 Å². The van der Waals surface area contributed by atoms with Crippen molar-refractivity contribution in [2.75, 3.05) is 39.6 Å². The SMILES string of the molecule is CCCCCCCCCCCCCCCC(=O)OC[C@H](COP(=O)(O)OC[C@@H](O)COP(=O)(O)OC[C@@H](COC(=O)CCCCCCCCCCC)OC(=O)CCCCCCCCC(C)CC)OC(=O)CCCCCCCCCCCCCCCCCCCCC(C)CC. The zero-order chi connectivity index (χ0) is 69.3. The summed E-state index contributed by atoms with van der Waals surface area (Å²) in [5.74, 6) is -0.530. The highest BCUT2D eigenvalue weighted by molar-refractivity contribution is 7.47. The number of aliphatic hydroxyl groups is 1. The second-order valence-electron chi connectivity index (χ2n) is 27.5. The lowest BCUT2D eigenvalue weighted by Gasteiger charge is -2.21. The van der Waals surface area contributed by atoms with E-state index >= 15 is 0 Å². The van der Waals surface area contributed by atoms with Gasteiger partial charge in [0.15, 0.2) is 12.2 Å². The van der Waals surface area contributed by atoms with E-state index < -0.39 is 97.5 Å². The second-order valence-corrected chi connectivity index (χ2v) is 30.4. The first-order valence-electron chi connectivity index (χ1n) is 39.1. The number of carbonyl (C=O) groups excluding carboxylic acids is 4. The summed E-state index contributed by atoms with van der Waals surface area (Å²) in [6.07, 6.45) is 54.2. The number of carbonyl (C=O) groups is 4. The number of hydrogen-bond acceptors (Lipinski definition) is 15. The molecule has 0 bridgehead atoms. The first-order chi connectivity index (χ1) is 45.4. The lowest BCUT2D eigenvalue weighted by molar-refractivity contribution is -0.161. The molecule has 0 aromatic carbocycles. The van der Waals surface area contributed by atoms with Gasteiger partial charge in [0, 0.05) is 25.7 Å². The molecule has 0 spiro atoms. The third kappa shape index (κ3) is 66.0. The number of hydrogen-bond donors (Lipinski definition) is 3. The van der Waals surface area contributed by atoms with E-state index in [4.69, 9.17) is 37.0 Å². The molecular formula is C75H146O17P2. The number of esters is 4. The van der Waals surface area contributed by atoms with E-state index in [1.54, 1.807) is 0 Å². The van der Waals surface area contributed by atoms with E-state index in [1.165, 1.54) is 205 Å². The fourth-order valence-electron chi connectivity index (χ4n) is 11.4. The average molecular weight is 1380 g/mol. The third-order valence-electron chi connectivity index (χ3n) is 18.2. The molecule has 0 radical (unpaired) electrons. The van der Waals surface area contributed by atoms with Gasteiger partial charge in [0.25, 0.3) is 0 Å². The summed E-state index contributed by atoms with van der Waals surface area (Å²) >= 11 is 0. The minimum atomic E-state index is -4.96. The van der Waals surface area contributed by atoms with Crippen molar-refractivity contribution in [3.63, 3.8) is 0 Å². The number of phosphoric ester groups is 2. The first-order valence-corrected chi connectivity index (χ1v) is 42.1. The fourth-order valence-corrected chi connectivity index (χ4v) is 13.0. The van der Waals surface area contributed by atoms with Gasteiger partial charge in [-0.2, -0.15) is 0 Å². The molecule has 0 fully saturated rings. The van der Waals surface area contributed by atoms with E-state index in [-0.39, 0.29) is 25.7 Å². The Morgan fingerprint density at radius 3 is 0.755 bits per heavy atom. The van der Waals surface area contributed by atoms with Crippen LogP contribution in [0, 0.1) is 11.8 Å². The minimum Gasteiger partial charge on any atom is -0.462 e. The third-order valence-corrected chi connectivity index (χ3v) is 20.1. The maximum absolute atomic E-state index is 13.1. The van der Waals surface area contributed by atoms with E-state index in [9.17, 15) is 43.2 Å². The summed E-state index contributed by atoms with van der Waals surface area (Å²) in [4.78, 5) is 72.6. The van der Waals surface area contributed by atoms with Crippen LogP contribution < -0.4 is 0 Å². The molecule has 0 rings (SSSR count). The van der Waals surface area contributed by atoms with Gasteiger partial charge >= 0.3 is 39.5 Å². The zero-order valence-corrected chi connectivity index (χ0v) is 63.1. The Morgan fingerprint density at radius 1 is 0.298 bits per heavy atom. The first kappa shape index (κ1) is 92.1. The highest BCUT2D eigenvalue weighted by Crippen LogP contribution is 2.45. The Balaban J connectivity index is 5.17. The average Bonchev–Trinajstić information content (AvgIpc) is 1.32. The Hall–Kier alpha value is -1.94. The van der Waals surface area contributed by atoms with E-state index in [0.717, 1.165) is 102 Å². The molecule has 0 aromatic rings. The summed E-state index contributed by atoms with van der Waals surface area (Å²) in [5, 5.41) is 10.6. The smallest absolute Gasteiger partial charge is 0.462 e. The Morgan fingerprint density at radius 2 is 0.511 bits per heavy atom. The van der Waals surface area contributed by atoms with Gasteiger partial charge in [0.05, 0.1) is 26.4 Å². The highest BCUT2D eigenvalue weighted by atomic mass is 31.2. The largest absolute Gasteiger partial charge is 0.472 e. The van der Waals surface area contributed by atoms with Crippen LogP contribution in [0.2, 0.25) is 0 Å². The molecule has 94 heavy (non-hydrogen) atoms. The molecule has 19 heteroatoms. The van der Waals surface area contributed by atoms with Crippen molar-refractivity contribution in [1.82, 2.24) is 0 Å². The molecule has 0 aliphatic heterocycles. The van der Waals surface area contributed by atoms with Gasteiger partial charge < -0.3 is 33.8 Å². The predicted octanol–water partition coefficient (Wildman–Crippen LogP) is 21.9. The van der Waals surface area contributed by atoms with Gasteiger partial charge in [0.1, 0.15) is 19.3 Å². The molecule has 558 valence electrons. The van der Waals surface area contributed by atoms with E-state index in [0.29, 0.717) is 25.7 Å². The van der Waals surface area contributed by atoms with Crippen molar-refractivity contribution in [3.05, 3.63) is 0 Å². The Bertz CT molecular complexity index is 1820. The molecule has 4 unspecified atom stereocenters. The molecule has 0 aliphatic carbocycles. The maximum atomic E-state index is 13.1. The summed E-state index contributed by atoms with van der Waals surface area (Å²) < 4.78 is 68.4. The molecule has 0 heterocycles. The standard InChI is InChI=1S/C75H146O17P2/c1-7-11-13-15-17-19-20-27-31-35-39-46-52-58-73(78)86-63-70(91-74(79)59-53-47-40-36-32-29-26-24-22-21-23-25-28-30-34-37-43-49-55-67(5)9-3)65-89-93(81,82)87-61-69(76)62-88-94(83,84)90-66-71(64-85-72(77)57-51-45-38-33-18-16-14-12-8-2)92-75(80)60-54-48-42-41-44-50-56-68(6)10-4/h67-71,76H,7-66H2,1-6H3,(H,81,82)(H,83,84)/t67?,68?,69-,70-,71-/m1/s1. The fraction of sp³-hybridized carbons (Fsp3) is 0.947. The molecule has 7 atom stereocenters. The van der Waals surface area contributed by atoms with Gasteiger partial charge in [0.2, 0.25) is 0 Å². The monoisotopic (exact) mass is 1380 g/mol. The van der Waals surface area contributed by atoms with Crippen LogP contribution in [0.3, 0.4) is 0 Å². The van der Waals surface area contributed by atoms with E-state index in [1.807, 2.05) is 0 Å². The summed E-state index contributed by atoms with van der Waals surface area (Å²) in [5.41, 5.74) is 0. The van der Waals surface area contributed by atoms with Crippen LogP contribution in [0.5, 0.6) is 0 Å². The zero-order valence-electron chi connectivity index (χ0n) is 61.3. The van der Waals surface area contributed by atoms with Gasteiger partial charge in [-0.1, -0.05) is 337 Å². The molecule has 17 nitrogen and oxygen atoms in total. The highest BCUT2D eigenvalue weighted by Gasteiger charge is 2.30. The molecule has 0 aromatic heterocycles. The van der Waals surface area contributed by atoms with Crippen LogP contribution in [0.1, 0.15) is 388 Å². The Labute approximate surface area is 575 Å². The van der Waals surface area contributed by atoms with Crippen LogP contribution in [-0.2, 0) is 65.4 Å². The van der Waals surface area contributed by atoms with Crippen molar-refractivity contribution in [3.8, 4) is 0 Å². The number of rotatable bonds is 74. The molecule has 0 saturated carbocycles. The van der Waals surface area contributed by atoms with Crippen molar-refractivity contribution >= 4 is 39.5 Å².